The van der Waals surface area contributed by atoms with Crippen molar-refractivity contribution in [2.75, 3.05) is 13.7 Å². The number of ether oxygens (including phenoxy) is 4. The van der Waals surface area contributed by atoms with Crippen molar-refractivity contribution in [2.45, 2.75) is 117 Å². The highest BCUT2D eigenvalue weighted by Crippen LogP contribution is 2.42. The maximum absolute atomic E-state index is 15.4. The smallest absolute Gasteiger partial charge is 0.329 e. The predicted octanol–water partition coefficient (Wildman–Crippen LogP) is 7.58. The largest absolute Gasteiger partial charge is 0.497 e. The van der Waals surface area contributed by atoms with Crippen LogP contribution in [0, 0.1) is 23.2 Å². The first-order chi connectivity index (χ1) is 23.8. The fraction of sp³-hybridized carbons (Fsp3) is 0.615. The molecular weight excluding hydrogens is 660 g/mol. The first-order valence-corrected chi connectivity index (χ1v) is 17.7. The molecule has 2 aliphatic rings. The van der Waals surface area contributed by atoms with Gasteiger partial charge in [-0.25, -0.2) is 14.8 Å². The number of benzene rings is 1. The Hall–Kier alpha value is -4.09. The topological polar surface area (TPSA) is 117 Å². The van der Waals surface area contributed by atoms with Gasteiger partial charge >= 0.3 is 17.9 Å². The molecule has 2 fully saturated rings. The summed E-state index contributed by atoms with van der Waals surface area (Å²) in [7, 11) is 1.47. The number of fused-ring (bicyclic) bond motifs is 1. The minimum Gasteiger partial charge on any atom is -0.497 e. The van der Waals surface area contributed by atoms with E-state index >= 15 is 8.78 Å². The molecule has 1 saturated heterocycles. The summed E-state index contributed by atoms with van der Waals surface area (Å²) in [6.07, 6.45) is 4.44. The minimum absolute atomic E-state index is 0.141. The first kappa shape index (κ1) is 39.7. The molecule has 1 aromatic carbocycles. The van der Waals surface area contributed by atoms with Crippen LogP contribution in [0.25, 0.3) is 11.0 Å². The van der Waals surface area contributed by atoms with Gasteiger partial charge in [0.15, 0.2) is 5.69 Å². The number of carbonyl (C=O) groups excluding carboxylic acids is 3. The molecule has 0 bridgehead atoms. The van der Waals surface area contributed by atoms with Crippen LogP contribution < -0.4 is 9.47 Å². The third kappa shape index (κ3) is 9.62. The second-order valence-corrected chi connectivity index (χ2v) is 15.6. The number of alkyl halides is 2. The molecule has 1 saturated carbocycles. The highest BCUT2D eigenvalue weighted by Gasteiger charge is 2.53. The van der Waals surface area contributed by atoms with E-state index in [1.54, 1.807) is 32.9 Å². The average molecular weight is 714 g/mol. The highest BCUT2D eigenvalue weighted by atomic mass is 19.3. The normalized spacial score (nSPS) is 22.6. The molecule has 1 aromatic heterocycles. The Balaban J connectivity index is 1.73. The number of halogens is 2. The minimum atomic E-state index is -3.61. The molecular formula is C39H53F2N3O7. The molecule has 1 unspecified atom stereocenters. The SMILES string of the molecule is C=CCC[C@@H]1CC1OC(=O)C[C@H](C(=O)N1C[C@H](Oc2nc3cc(OC)ccc3nc2C(F)(F)C=C)[C@@H](CCC)[C@H]1C(=O)OC(C)(C)C)C(C)(C)C. The van der Waals surface area contributed by atoms with Crippen molar-refractivity contribution >= 4 is 28.9 Å². The standard InChI is InChI=1S/C39H53F2N3O7/c1-11-14-16-23-19-29(23)49-31(45)21-26(37(4,5)6)35(46)44-22-30(25(15-12-2)32(44)36(47)51-38(7,8)9)50-34-33(39(40,41)13-3)42-27-18-17-24(48-10)20-28(27)43-34/h11,13,17-18,20,23,25-26,29-30,32H,1,3,12,14-16,19,21-22H2,2,4-10H3/t23-,25-,26-,29?,30+,32+/m1/s1. The van der Waals surface area contributed by atoms with Gasteiger partial charge in [0.25, 0.3) is 0 Å². The Bertz CT molecular complexity index is 1620. The number of carbonyl (C=O) groups is 3. The number of esters is 2. The molecule has 51 heavy (non-hydrogen) atoms. The molecule has 0 N–H and O–H groups in total. The van der Waals surface area contributed by atoms with Gasteiger partial charge in [0.1, 0.15) is 29.6 Å². The molecule has 1 aliphatic heterocycles. The molecule has 6 atom stereocenters. The van der Waals surface area contributed by atoms with E-state index in [1.807, 2.05) is 33.8 Å². The lowest BCUT2D eigenvalue weighted by Crippen LogP contribution is -2.50. The molecule has 0 spiro atoms. The quantitative estimate of drug-likeness (QED) is 0.136. The fourth-order valence-corrected chi connectivity index (χ4v) is 6.60. The summed E-state index contributed by atoms with van der Waals surface area (Å²) in [5.41, 5.74) is -1.89. The van der Waals surface area contributed by atoms with Crippen molar-refractivity contribution in [2.24, 2.45) is 23.2 Å². The maximum atomic E-state index is 15.4. The Labute approximate surface area is 300 Å². The summed E-state index contributed by atoms with van der Waals surface area (Å²) in [5, 5.41) is 0. The van der Waals surface area contributed by atoms with Gasteiger partial charge in [0.2, 0.25) is 11.8 Å². The van der Waals surface area contributed by atoms with Crippen LogP contribution in [0.3, 0.4) is 0 Å². The first-order valence-electron chi connectivity index (χ1n) is 17.7. The highest BCUT2D eigenvalue weighted by molar-refractivity contribution is 5.90. The lowest BCUT2D eigenvalue weighted by atomic mass is 9.77. The number of methoxy groups -OCH3 is 1. The third-order valence-corrected chi connectivity index (χ3v) is 9.42. The number of rotatable bonds is 15. The number of likely N-dealkylation sites (tertiary alicyclic amines) is 1. The summed E-state index contributed by atoms with van der Waals surface area (Å²) < 4.78 is 54.0. The molecule has 0 radical (unpaired) electrons. The third-order valence-electron chi connectivity index (χ3n) is 9.42. The van der Waals surface area contributed by atoms with E-state index in [9.17, 15) is 14.4 Å². The molecule has 4 rings (SSSR count). The van der Waals surface area contributed by atoms with Gasteiger partial charge in [-0.1, -0.05) is 46.8 Å². The van der Waals surface area contributed by atoms with Gasteiger partial charge < -0.3 is 23.8 Å². The number of allylic oxidation sites excluding steroid dienone is 2. The number of nitrogens with zero attached hydrogens (tertiary/aromatic N) is 3. The Kier molecular flexibility index (Phi) is 12.2. The van der Waals surface area contributed by atoms with Crippen LogP contribution in [0.4, 0.5) is 8.78 Å². The van der Waals surface area contributed by atoms with Gasteiger partial charge in [-0.2, -0.15) is 8.78 Å². The Morgan fingerprint density at radius 3 is 2.33 bits per heavy atom. The van der Waals surface area contributed by atoms with Gasteiger partial charge in [-0.3, -0.25) is 9.59 Å². The van der Waals surface area contributed by atoms with Gasteiger partial charge in [0.05, 0.1) is 37.0 Å². The van der Waals surface area contributed by atoms with Crippen molar-refractivity contribution in [1.29, 1.82) is 0 Å². The Morgan fingerprint density at radius 1 is 1.04 bits per heavy atom. The molecule has 1 amide bonds. The van der Waals surface area contributed by atoms with Crippen LogP contribution >= 0.6 is 0 Å². The fourth-order valence-electron chi connectivity index (χ4n) is 6.60. The number of hydrogen-bond acceptors (Lipinski definition) is 9. The summed E-state index contributed by atoms with van der Waals surface area (Å²) in [6, 6.07) is 3.54. The zero-order valence-corrected chi connectivity index (χ0v) is 31.2. The van der Waals surface area contributed by atoms with Crippen LogP contribution in [0.15, 0.2) is 43.5 Å². The summed E-state index contributed by atoms with van der Waals surface area (Å²) in [6.45, 7) is 19.6. The lowest BCUT2D eigenvalue weighted by molar-refractivity contribution is -0.167. The van der Waals surface area contributed by atoms with E-state index in [0.717, 1.165) is 19.3 Å². The molecule has 12 heteroatoms. The van der Waals surface area contributed by atoms with Crippen molar-refractivity contribution < 1.29 is 42.1 Å². The predicted molar refractivity (Wildman–Crippen MR) is 189 cm³/mol. The molecule has 10 nitrogen and oxygen atoms in total. The van der Waals surface area contributed by atoms with Gasteiger partial charge in [0, 0.05) is 12.0 Å². The van der Waals surface area contributed by atoms with Crippen molar-refractivity contribution in [3.05, 3.63) is 49.2 Å². The van der Waals surface area contributed by atoms with Crippen LogP contribution in [0.5, 0.6) is 11.6 Å². The molecule has 280 valence electrons. The van der Waals surface area contributed by atoms with E-state index < -0.39 is 70.3 Å². The maximum Gasteiger partial charge on any atom is 0.329 e. The van der Waals surface area contributed by atoms with E-state index in [1.165, 1.54) is 18.1 Å². The van der Waals surface area contributed by atoms with Crippen molar-refractivity contribution in [3.8, 4) is 11.6 Å². The van der Waals surface area contributed by atoms with E-state index in [4.69, 9.17) is 18.9 Å². The van der Waals surface area contributed by atoms with E-state index in [2.05, 4.69) is 23.1 Å². The number of aromatic nitrogens is 2. The average Bonchev–Trinajstić information content (AvgIpc) is 3.69. The monoisotopic (exact) mass is 713 g/mol. The van der Waals surface area contributed by atoms with Crippen LogP contribution in [0.1, 0.15) is 92.7 Å². The van der Waals surface area contributed by atoms with Crippen LogP contribution in [-0.4, -0.2) is 70.2 Å². The molecule has 2 aromatic rings. The van der Waals surface area contributed by atoms with Crippen LogP contribution in [0.2, 0.25) is 0 Å². The van der Waals surface area contributed by atoms with Crippen molar-refractivity contribution in [3.63, 3.8) is 0 Å². The zero-order chi connectivity index (χ0) is 37.9. The zero-order valence-electron chi connectivity index (χ0n) is 31.2. The number of amides is 1. The molecule has 2 heterocycles. The van der Waals surface area contributed by atoms with Crippen molar-refractivity contribution in [1.82, 2.24) is 14.9 Å². The lowest BCUT2D eigenvalue weighted by Gasteiger charge is -2.35. The van der Waals surface area contributed by atoms with Gasteiger partial charge in [-0.05, 0) is 76.0 Å². The van der Waals surface area contributed by atoms with Crippen LogP contribution in [-0.2, 0) is 29.8 Å². The second-order valence-electron chi connectivity index (χ2n) is 15.6. The van der Waals surface area contributed by atoms with E-state index in [0.29, 0.717) is 24.7 Å². The van der Waals surface area contributed by atoms with E-state index in [-0.39, 0.29) is 36.0 Å². The summed E-state index contributed by atoms with van der Waals surface area (Å²) in [4.78, 5) is 52.0. The number of hydrogen-bond donors (Lipinski definition) is 0. The Morgan fingerprint density at radius 2 is 1.75 bits per heavy atom. The van der Waals surface area contributed by atoms with Gasteiger partial charge in [-0.15, -0.1) is 6.58 Å². The summed E-state index contributed by atoms with van der Waals surface area (Å²) >= 11 is 0. The summed E-state index contributed by atoms with van der Waals surface area (Å²) in [5.74, 6) is -6.46. The second kappa shape index (κ2) is 15.7. The molecule has 1 aliphatic carbocycles.